The van der Waals surface area contributed by atoms with E-state index in [-0.39, 0.29) is 0 Å². The Labute approximate surface area is 130 Å². The average Bonchev–Trinajstić information content (AvgIpc) is 2.33. The van der Waals surface area contributed by atoms with Crippen LogP contribution in [0.2, 0.25) is 0 Å². The van der Waals surface area contributed by atoms with Gasteiger partial charge in [0.05, 0.1) is 5.69 Å². The number of nitrogens with one attached hydrogen (secondary N) is 1. The van der Waals surface area contributed by atoms with Gasteiger partial charge in [0.1, 0.15) is 16.5 Å². The van der Waals surface area contributed by atoms with E-state index in [2.05, 4.69) is 20.7 Å². The van der Waals surface area contributed by atoms with E-state index in [1.165, 1.54) is 0 Å². The molecule has 7 heteroatoms. The van der Waals surface area contributed by atoms with E-state index in [4.69, 9.17) is 0 Å². The fourth-order valence-corrected chi connectivity index (χ4v) is 4.04. The van der Waals surface area contributed by atoms with Gasteiger partial charge in [0, 0.05) is 10.5 Å². The molecule has 2 aromatic rings. The van der Waals surface area contributed by atoms with Crippen LogP contribution in [0.3, 0.4) is 0 Å². The molecule has 1 N–H and O–H groups in total. The van der Waals surface area contributed by atoms with Crippen LogP contribution in [-0.2, 0) is 10.0 Å². The number of hydrogen-bond donors (Lipinski definition) is 1. The highest BCUT2D eigenvalue weighted by atomic mass is 79.9. The molecule has 0 aromatic heterocycles. The highest BCUT2D eigenvalue weighted by molar-refractivity contribution is 9.10. The van der Waals surface area contributed by atoms with E-state index in [9.17, 15) is 17.2 Å². The number of rotatable bonds is 3. The summed E-state index contributed by atoms with van der Waals surface area (Å²) in [6.07, 6.45) is 0. The van der Waals surface area contributed by atoms with E-state index >= 15 is 0 Å². The Morgan fingerprint density at radius 3 is 2.33 bits per heavy atom. The van der Waals surface area contributed by atoms with Crippen LogP contribution in [0.4, 0.5) is 14.5 Å². The van der Waals surface area contributed by atoms with Crippen LogP contribution in [0.5, 0.6) is 0 Å². The third-order valence-corrected chi connectivity index (χ3v) is 4.86. The highest BCUT2D eigenvalue weighted by Crippen LogP contribution is 2.30. The summed E-state index contributed by atoms with van der Waals surface area (Å²) in [5, 5.41) is 0. The summed E-state index contributed by atoms with van der Waals surface area (Å²) >= 11 is 3.27. The summed E-state index contributed by atoms with van der Waals surface area (Å²) in [5.41, 5.74) is 1.97. The van der Waals surface area contributed by atoms with Crippen LogP contribution in [0.1, 0.15) is 11.1 Å². The van der Waals surface area contributed by atoms with Gasteiger partial charge in [-0.1, -0.05) is 6.07 Å². The maximum atomic E-state index is 13.6. The molecule has 0 aliphatic heterocycles. The maximum absolute atomic E-state index is 13.6. The van der Waals surface area contributed by atoms with Gasteiger partial charge < -0.3 is 0 Å². The normalized spacial score (nSPS) is 11.5. The molecule has 0 amide bonds. The van der Waals surface area contributed by atoms with Crippen molar-refractivity contribution in [3.63, 3.8) is 0 Å². The predicted octanol–water partition coefficient (Wildman–Crippen LogP) is 4.14. The first kappa shape index (κ1) is 15.9. The molecule has 112 valence electrons. The third-order valence-electron chi connectivity index (χ3n) is 2.85. The van der Waals surface area contributed by atoms with E-state index in [1.807, 2.05) is 6.92 Å². The molecule has 0 bridgehead atoms. The van der Waals surface area contributed by atoms with Crippen molar-refractivity contribution in [1.29, 1.82) is 0 Å². The van der Waals surface area contributed by atoms with Gasteiger partial charge in [-0.05, 0) is 59.1 Å². The van der Waals surface area contributed by atoms with Gasteiger partial charge in [-0.25, -0.2) is 17.2 Å². The molecule has 0 aliphatic carbocycles. The summed E-state index contributed by atoms with van der Waals surface area (Å²) in [7, 11) is -4.14. The van der Waals surface area contributed by atoms with Crippen molar-refractivity contribution in [3.05, 3.63) is 57.6 Å². The van der Waals surface area contributed by atoms with Crippen molar-refractivity contribution in [1.82, 2.24) is 0 Å². The minimum atomic E-state index is -4.14. The first-order valence-corrected chi connectivity index (χ1v) is 8.23. The Kier molecular flexibility index (Phi) is 4.34. The molecule has 3 nitrogen and oxygen atoms in total. The number of hydrogen-bond acceptors (Lipinski definition) is 2. The summed E-state index contributed by atoms with van der Waals surface area (Å²) < 4.78 is 53.8. The van der Waals surface area contributed by atoms with Gasteiger partial charge in [0.15, 0.2) is 0 Å². The smallest absolute Gasteiger partial charge is 0.264 e. The lowest BCUT2D eigenvalue weighted by Gasteiger charge is -2.13. The van der Waals surface area contributed by atoms with Crippen LogP contribution in [0, 0.1) is 25.5 Å². The zero-order valence-electron chi connectivity index (χ0n) is 11.2. The Morgan fingerprint density at radius 2 is 1.76 bits per heavy atom. The lowest BCUT2D eigenvalue weighted by atomic mass is 10.1. The largest absolute Gasteiger partial charge is 0.278 e. The number of anilines is 1. The molecule has 2 aromatic carbocycles. The van der Waals surface area contributed by atoms with Crippen LogP contribution in [0.15, 0.2) is 39.7 Å². The zero-order chi connectivity index (χ0) is 15.8. The molecule has 0 saturated carbocycles. The van der Waals surface area contributed by atoms with Gasteiger partial charge in [0.2, 0.25) is 0 Å². The fourth-order valence-electron chi connectivity index (χ4n) is 1.93. The first-order chi connectivity index (χ1) is 9.70. The number of halogens is 3. The van der Waals surface area contributed by atoms with Crippen LogP contribution >= 0.6 is 15.9 Å². The van der Waals surface area contributed by atoms with Crippen molar-refractivity contribution in [3.8, 4) is 0 Å². The topological polar surface area (TPSA) is 46.2 Å². The van der Waals surface area contributed by atoms with Gasteiger partial charge >= 0.3 is 0 Å². The number of sulfonamides is 1. The summed E-state index contributed by atoms with van der Waals surface area (Å²) in [6, 6.07) is 5.86. The molecule has 0 fully saturated rings. The van der Waals surface area contributed by atoms with E-state index in [0.717, 1.165) is 17.7 Å². The van der Waals surface area contributed by atoms with E-state index < -0.39 is 26.6 Å². The summed E-state index contributed by atoms with van der Waals surface area (Å²) in [4.78, 5) is -0.601. The minimum Gasteiger partial charge on any atom is -0.278 e. The second-order valence-corrected chi connectivity index (χ2v) is 7.12. The molecule has 0 heterocycles. The Bertz CT molecular complexity index is 784. The van der Waals surface area contributed by atoms with Gasteiger partial charge in [-0.3, -0.25) is 4.72 Å². The fraction of sp³-hybridized carbons (Fsp3) is 0.143. The minimum absolute atomic E-state index is 0.323. The molecule has 0 radical (unpaired) electrons. The Morgan fingerprint density at radius 1 is 1.10 bits per heavy atom. The molecule has 0 saturated heterocycles. The van der Waals surface area contributed by atoms with Crippen molar-refractivity contribution in [2.45, 2.75) is 18.7 Å². The van der Waals surface area contributed by atoms with Gasteiger partial charge in [-0.15, -0.1) is 0 Å². The monoisotopic (exact) mass is 375 g/mol. The van der Waals surface area contributed by atoms with E-state index in [0.29, 0.717) is 21.8 Å². The highest BCUT2D eigenvalue weighted by Gasteiger charge is 2.21. The number of aryl methyl sites for hydroxylation is 2. The lowest BCUT2D eigenvalue weighted by Crippen LogP contribution is -2.16. The second kappa shape index (κ2) is 5.73. The second-order valence-electron chi connectivity index (χ2n) is 4.62. The standard InChI is InChI=1S/C14H12BrF2NO2S/c1-8-5-9(2)14(11(15)6-8)18-21(19,20)13-4-3-10(16)7-12(13)17/h3-7,18H,1-2H3. The Balaban J connectivity index is 2.47. The molecule has 21 heavy (non-hydrogen) atoms. The molecule has 2 rings (SSSR count). The van der Waals surface area contributed by atoms with Crippen LogP contribution in [0.25, 0.3) is 0 Å². The maximum Gasteiger partial charge on any atom is 0.264 e. The molecule has 0 atom stereocenters. The lowest BCUT2D eigenvalue weighted by molar-refractivity contribution is 0.551. The van der Waals surface area contributed by atoms with Crippen molar-refractivity contribution < 1.29 is 17.2 Å². The number of benzene rings is 2. The van der Waals surface area contributed by atoms with Crippen molar-refractivity contribution >= 4 is 31.6 Å². The zero-order valence-corrected chi connectivity index (χ0v) is 13.6. The Hall–Kier alpha value is -1.47. The summed E-state index contributed by atoms with van der Waals surface area (Å²) in [5.74, 6) is -1.97. The SMILES string of the molecule is Cc1cc(C)c(NS(=O)(=O)c2ccc(F)cc2F)c(Br)c1. The van der Waals surface area contributed by atoms with Gasteiger partial charge in [0.25, 0.3) is 10.0 Å². The third kappa shape index (κ3) is 3.41. The first-order valence-electron chi connectivity index (χ1n) is 5.95. The quantitative estimate of drug-likeness (QED) is 0.875. The molecule has 0 aliphatic rings. The molecule has 0 spiro atoms. The average molecular weight is 376 g/mol. The molecule has 0 unspecified atom stereocenters. The van der Waals surface area contributed by atoms with E-state index in [1.54, 1.807) is 19.1 Å². The van der Waals surface area contributed by atoms with Crippen molar-refractivity contribution in [2.75, 3.05) is 4.72 Å². The predicted molar refractivity (Wildman–Crippen MR) is 80.8 cm³/mol. The van der Waals surface area contributed by atoms with Crippen molar-refractivity contribution in [2.24, 2.45) is 0 Å². The summed E-state index contributed by atoms with van der Waals surface area (Å²) in [6.45, 7) is 3.60. The van der Waals surface area contributed by atoms with Crippen LogP contribution in [-0.4, -0.2) is 8.42 Å². The van der Waals surface area contributed by atoms with Gasteiger partial charge in [-0.2, -0.15) is 0 Å². The molecular formula is C14H12BrF2NO2S. The van der Waals surface area contributed by atoms with Crippen LogP contribution < -0.4 is 4.72 Å². The molecular weight excluding hydrogens is 364 g/mol.